The van der Waals surface area contributed by atoms with Crippen LogP contribution in [-0.2, 0) is 0 Å². The van der Waals surface area contributed by atoms with Gasteiger partial charge in [0.25, 0.3) is 5.89 Å². The molecule has 0 aliphatic carbocycles. The first-order chi connectivity index (χ1) is 12.5. The van der Waals surface area contributed by atoms with Crippen molar-refractivity contribution in [2.45, 2.75) is 13.8 Å². The Morgan fingerprint density at radius 1 is 0.885 bits per heavy atom. The summed E-state index contributed by atoms with van der Waals surface area (Å²) in [6.45, 7) is 3.67. The van der Waals surface area contributed by atoms with Crippen LogP contribution >= 0.6 is 23.2 Å². The number of hydrogen-bond acceptors (Lipinski definition) is 6. The molecule has 0 fully saturated rings. The van der Waals surface area contributed by atoms with Gasteiger partial charge in [-0.1, -0.05) is 39.6 Å². The van der Waals surface area contributed by atoms with Gasteiger partial charge in [-0.2, -0.15) is 4.98 Å². The Morgan fingerprint density at radius 3 is 2.35 bits per heavy atom. The fourth-order valence-electron chi connectivity index (χ4n) is 2.56. The van der Waals surface area contributed by atoms with Crippen molar-refractivity contribution >= 4 is 23.2 Å². The van der Waals surface area contributed by atoms with E-state index in [-0.39, 0.29) is 5.89 Å². The van der Waals surface area contributed by atoms with E-state index in [0.717, 1.165) is 11.3 Å². The van der Waals surface area contributed by atoms with E-state index in [1.165, 1.54) is 0 Å². The molecule has 4 rings (SSSR count). The van der Waals surface area contributed by atoms with E-state index in [0.29, 0.717) is 38.5 Å². The first kappa shape index (κ1) is 16.8. The Kier molecular flexibility index (Phi) is 4.22. The van der Waals surface area contributed by atoms with Gasteiger partial charge in [0.15, 0.2) is 0 Å². The summed E-state index contributed by atoms with van der Waals surface area (Å²) in [5.41, 5.74) is 3.22. The smallest absolute Gasteiger partial charge is 0.264 e. The van der Waals surface area contributed by atoms with Crippen molar-refractivity contribution < 1.29 is 9.05 Å². The second-order valence-corrected chi connectivity index (χ2v) is 6.48. The summed E-state index contributed by atoms with van der Waals surface area (Å²) in [4.78, 5) is 8.70. The molecule has 4 aromatic rings. The van der Waals surface area contributed by atoms with Gasteiger partial charge in [0.1, 0.15) is 17.0 Å². The van der Waals surface area contributed by atoms with E-state index >= 15 is 0 Å². The lowest BCUT2D eigenvalue weighted by Crippen LogP contribution is -1.88. The van der Waals surface area contributed by atoms with Gasteiger partial charge in [-0.3, -0.25) is 4.98 Å². The Labute approximate surface area is 158 Å². The minimum absolute atomic E-state index is 0.269. The van der Waals surface area contributed by atoms with Crippen molar-refractivity contribution in [2.24, 2.45) is 0 Å². The molecule has 0 saturated carbocycles. The predicted octanol–water partition coefficient (Wildman–Crippen LogP) is 5.38. The van der Waals surface area contributed by atoms with Crippen LogP contribution in [0.15, 0.2) is 45.6 Å². The van der Waals surface area contributed by atoms with E-state index in [2.05, 4.69) is 20.3 Å². The Balaban J connectivity index is 1.83. The zero-order valence-electron chi connectivity index (χ0n) is 13.8. The lowest BCUT2D eigenvalue weighted by atomic mass is 10.1. The van der Waals surface area contributed by atoms with Crippen molar-refractivity contribution in [1.29, 1.82) is 0 Å². The van der Waals surface area contributed by atoms with Crippen LogP contribution in [0.2, 0.25) is 10.0 Å². The van der Waals surface area contributed by atoms with Crippen LogP contribution in [0.1, 0.15) is 11.5 Å². The molecule has 0 aliphatic heterocycles. The molecule has 0 N–H and O–H groups in total. The number of aryl methyl sites for hydroxylation is 2. The van der Waals surface area contributed by atoms with Crippen LogP contribution in [0.4, 0.5) is 0 Å². The van der Waals surface area contributed by atoms with Crippen LogP contribution in [0.3, 0.4) is 0 Å². The van der Waals surface area contributed by atoms with Gasteiger partial charge in [0.2, 0.25) is 5.82 Å². The first-order valence-corrected chi connectivity index (χ1v) is 8.48. The third kappa shape index (κ3) is 2.87. The van der Waals surface area contributed by atoms with Gasteiger partial charge >= 0.3 is 0 Å². The van der Waals surface area contributed by atoms with E-state index in [9.17, 15) is 0 Å². The zero-order chi connectivity index (χ0) is 18.3. The summed E-state index contributed by atoms with van der Waals surface area (Å²) >= 11 is 12.6. The molecule has 130 valence electrons. The largest absolute Gasteiger partial charge is 0.360 e. The van der Waals surface area contributed by atoms with Gasteiger partial charge in [-0.05, 0) is 38.1 Å². The first-order valence-electron chi connectivity index (χ1n) is 7.72. The average Bonchev–Trinajstić information content (AvgIpc) is 3.22. The SMILES string of the molecule is Cc1ccc(-c2noc(-c3c(-c4c(Cl)cccc4Cl)noc3C)n2)cn1. The number of benzene rings is 1. The van der Waals surface area contributed by atoms with E-state index in [1.807, 2.05) is 19.1 Å². The highest BCUT2D eigenvalue weighted by molar-refractivity contribution is 6.39. The molecule has 1 aromatic carbocycles. The maximum Gasteiger partial charge on any atom is 0.264 e. The molecule has 6 nitrogen and oxygen atoms in total. The summed E-state index contributed by atoms with van der Waals surface area (Å²) < 4.78 is 10.8. The van der Waals surface area contributed by atoms with E-state index in [4.69, 9.17) is 32.2 Å². The standard InChI is InChI=1S/C18H12Cl2N4O2/c1-9-6-7-11(8-21-9)17-22-18(26-24-17)14-10(2)25-23-16(14)15-12(19)4-3-5-13(15)20/h3-8H,1-2H3. The molecule has 0 unspecified atom stereocenters. The van der Waals surface area contributed by atoms with Crippen LogP contribution in [-0.4, -0.2) is 20.3 Å². The fourth-order valence-corrected chi connectivity index (χ4v) is 3.14. The van der Waals surface area contributed by atoms with Gasteiger partial charge in [0.05, 0.1) is 10.0 Å². The molecule has 0 aliphatic rings. The second-order valence-electron chi connectivity index (χ2n) is 5.67. The minimum Gasteiger partial charge on any atom is -0.360 e. The molecule has 0 bridgehead atoms. The van der Waals surface area contributed by atoms with Gasteiger partial charge in [-0.15, -0.1) is 0 Å². The van der Waals surface area contributed by atoms with Crippen LogP contribution < -0.4 is 0 Å². The highest BCUT2D eigenvalue weighted by Gasteiger charge is 2.25. The van der Waals surface area contributed by atoms with Crippen molar-refractivity contribution in [3.05, 3.63) is 58.0 Å². The number of aromatic nitrogens is 4. The van der Waals surface area contributed by atoms with Crippen molar-refractivity contribution in [3.63, 3.8) is 0 Å². The Morgan fingerprint density at radius 2 is 1.65 bits per heavy atom. The normalized spacial score (nSPS) is 11.1. The second kappa shape index (κ2) is 6.55. The summed E-state index contributed by atoms with van der Waals surface area (Å²) in [5, 5.41) is 9.03. The van der Waals surface area contributed by atoms with Crippen LogP contribution in [0.25, 0.3) is 34.1 Å². The average molecular weight is 387 g/mol. The predicted molar refractivity (Wildman–Crippen MR) is 98.0 cm³/mol. The molecule has 0 spiro atoms. The quantitative estimate of drug-likeness (QED) is 0.470. The van der Waals surface area contributed by atoms with Crippen molar-refractivity contribution in [3.8, 4) is 34.1 Å². The maximum atomic E-state index is 6.31. The highest BCUT2D eigenvalue weighted by atomic mass is 35.5. The molecular formula is C18H12Cl2N4O2. The highest BCUT2D eigenvalue weighted by Crippen LogP contribution is 2.40. The molecule has 8 heteroatoms. The van der Waals surface area contributed by atoms with Gasteiger partial charge < -0.3 is 9.05 Å². The number of pyridine rings is 1. The number of halogens is 2. The molecule has 3 aromatic heterocycles. The number of rotatable bonds is 3. The van der Waals surface area contributed by atoms with E-state index in [1.54, 1.807) is 31.3 Å². The van der Waals surface area contributed by atoms with E-state index < -0.39 is 0 Å². The number of nitrogens with zero attached hydrogens (tertiary/aromatic N) is 4. The molecular weight excluding hydrogens is 375 g/mol. The third-order valence-electron chi connectivity index (χ3n) is 3.87. The lowest BCUT2D eigenvalue weighted by Gasteiger charge is -2.04. The molecule has 0 saturated heterocycles. The molecule has 0 atom stereocenters. The monoisotopic (exact) mass is 386 g/mol. The molecule has 3 heterocycles. The summed E-state index contributed by atoms with van der Waals surface area (Å²) in [6.07, 6.45) is 1.69. The number of hydrogen-bond donors (Lipinski definition) is 0. The Bertz CT molecular complexity index is 1070. The van der Waals surface area contributed by atoms with Gasteiger partial charge in [0, 0.05) is 23.0 Å². The maximum absolute atomic E-state index is 6.31. The fraction of sp³-hybridized carbons (Fsp3) is 0.111. The van der Waals surface area contributed by atoms with Gasteiger partial charge in [-0.25, -0.2) is 0 Å². The zero-order valence-corrected chi connectivity index (χ0v) is 15.3. The molecule has 26 heavy (non-hydrogen) atoms. The third-order valence-corrected chi connectivity index (χ3v) is 4.50. The summed E-state index contributed by atoms with van der Waals surface area (Å²) in [5.74, 6) is 1.21. The van der Waals surface area contributed by atoms with Crippen molar-refractivity contribution in [1.82, 2.24) is 20.3 Å². The summed E-state index contributed by atoms with van der Waals surface area (Å²) in [7, 11) is 0. The van der Waals surface area contributed by atoms with Crippen LogP contribution in [0, 0.1) is 13.8 Å². The Hall–Kier alpha value is -2.70. The lowest BCUT2D eigenvalue weighted by molar-refractivity contribution is 0.397. The summed E-state index contributed by atoms with van der Waals surface area (Å²) in [6, 6.07) is 8.98. The van der Waals surface area contributed by atoms with Crippen LogP contribution in [0.5, 0.6) is 0 Å². The topological polar surface area (TPSA) is 77.8 Å². The molecule has 0 radical (unpaired) electrons. The molecule has 0 amide bonds. The van der Waals surface area contributed by atoms with Crippen molar-refractivity contribution in [2.75, 3.05) is 0 Å². The minimum atomic E-state index is 0.269.